The zero-order valence-corrected chi connectivity index (χ0v) is 13.8. The standard InChI is InChI=1S/C19H18FN3O/c1-12-9-10-15(20)11-17(12)19(24)21-18-13(2)22-23(14(18)3)16-7-5-4-6-8-16/h4-11H,1-3H3,(H,21,24). The Kier molecular flexibility index (Phi) is 4.16. The van der Waals surface area contributed by atoms with E-state index in [-0.39, 0.29) is 5.91 Å². The number of carbonyl (C=O) groups excluding carboxylic acids is 1. The summed E-state index contributed by atoms with van der Waals surface area (Å²) in [4.78, 5) is 12.5. The van der Waals surface area contributed by atoms with Crippen molar-refractivity contribution in [3.8, 4) is 5.69 Å². The van der Waals surface area contributed by atoms with Crippen LogP contribution in [0.2, 0.25) is 0 Å². The van der Waals surface area contributed by atoms with Crippen LogP contribution in [-0.4, -0.2) is 15.7 Å². The van der Waals surface area contributed by atoms with Crippen molar-refractivity contribution in [3.05, 3.63) is 76.9 Å². The van der Waals surface area contributed by atoms with E-state index < -0.39 is 5.82 Å². The maximum atomic E-state index is 13.4. The van der Waals surface area contributed by atoms with Gasteiger partial charge >= 0.3 is 0 Å². The second kappa shape index (κ2) is 6.28. The lowest BCUT2D eigenvalue weighted by molar-refractivity contribution is 0.102. The molecule has 4 nitrogen and oxygen atoms in total. The average Bonchev–Trinajstić information content (AvgIpc) is 2.86. The van der Waals surface area contributed by atoms with Gasteiger partial charge in [0.05, 0.1) is 22.8 Å². The molecular formula is C19H18FN3O. The molecule has 3 rings (SSSR count). The van der Waals surface area contributed by atoms with E-state index in [1.807, 2.05) is 44.2 Å². The minimum Gasteiger partial charge on any atom is -0.319 e. The van der Waals surface area contributed by atoms with E-state index in [0.29, 0.717) is 16.9 Å². The first-order valence-electron chi connectivity index (χ1n) is 7.66. The minimum atomic E-state index is -0.431. The predicted octanol–water partition coefficient (Wildman–Crippen LogP) is 4.19. The second-order valence-corrected chi connectivity index (χ2v) is 5.71. The van der Waals surface area contributed by atoms with Crippen LogP contribution in [0.5, 0.6) is 0 Å². The number of aryl methyl sites for hydroxylation is 2. The van der Waals surface area contributed by atoms with Crippen molar-refractivity contribution < 1.29 is 9.18 Å². The van der Waals surface area contributed by atoms with E-state index in [1.54, 1.807) is 17.7 Å². The van der Waals surface area contributed by atoms with Crippen molar-refractivity contribution in [2.45, 2.75) is 20.8 Å². The first kappa shape index (κ1) is 15.9. The maximum absolute atomic E-state index is 13.4. The van der Waals surface area contributed by atoms with Crippen molar-refractivity contribution in [1.82, 2.24) is 9.78 Å². The Bertz CT molecular complexity index is 900. The van der Waals surface area contributed by atoms with Crippen LogP contribution in [0.3, 0.4) is 0 Å². The number of para-hydroxylation sites is 1. The lowest BCUT2D eigenvalue weighted by atomic mass is 10.1. The van der Waals surface area contributed by atoms with Gasteiger partial charge in [-0.1, -0.05) is 24.3 Å². The summed E-state index contributed by atoms with van der Waals surface area (Å²) in [5, 5.41) is 7.36. The van der Waals surface area contributed by atoms with Gasteiger partial charge in [0.1, 0.15) is 5.82 Å². The Labute approximate surface area is 139 Å². The van der Waals surface area contributed by atoms with Crippen LogP contribution >= 0.6 is 0 Å². The molecule has 2 aromatic carbocycles. The Morgan fingerprint density at radius 3 is 2.50 bits per heavy atom. The third-order valence-electron chi connectivity index (χ3n) is 3.97. The third-order valence-corrected chi connectivity index (χ3v) is 3.97. The van der Waals surface area contributed by atoms with Gasteiger partial charge in [-0.25, -0.2) is 9.07 Å². The monoisotopic (exact) mass is 323 g/mol. The number of rotatable bonds is 3. The van der Waals surface area contributed by atoms with Crippen LogP contribution in [0.15, 0.2) is 48.5 Å². The van der Waals surface area contributed by atoms with Crippen LogP contribution in [0.25, 0.3) is 5.69 Å². The van der Waals surface area contributed by atoms with E-state index >= 15 is 0 Å². The first-order valence-corrected chi connectivity index (χ1v) is 7.66. The molecule has 0 bridgehead atoms. The molecule has 0 atom stereocenters. The smallest absolute Gasteiger partial charge is 0.256 e. The second-order valence-electron chi connectivity index (χ2n) is 5.71. The van der Waals surface area contributed by atoms with Gasteiger partial charge in [-0.2, -0.15) is 5.10 Å². The highest BCUT2D eigenvalue weighted by atomic mass is 19.1. The van der Waals surface area contributed by atoms with Crippen molar-refractivity contribution in [3.63, 3.8) is 0 Å². The molecule has 3 aromatic rings. The van der Waals surface area contributed by atoms with Crippen molar-refractivity contribution in [2.75, 3.05) is 5.32 Å². The van der Waals surface area contributed by atoms with Gasteiger partial charge < -0.3 is 5.32 Å². The molecular weight excluding hydrogens is 305 g/mol. The summed E-state index contributed by atoms with van der Waals surface area (Å²) in [6.45, 7) is 5.50. The molecule has 0 saturated heterocycles. The van der Waals surface area contributed by atoms with Crippen molar-refractivity contribution in [1.29, 1.82) is 0 Å². The minimum absolute atomic E-state index is 0.321. The fourth-order valence-electron chi connectivity index (χ4n) is 2.66. The third kappa shape index (κ3) is 2.93. The number of amides is 1. The number of aromatic nitrogens is 2. The number of halogens is 1. The normalized spacial score (nSPS) is 10.7. The Morgan fingerprint density at radius 2 is 1.79 bits per heavy atom. The first-order chi connectivity index (χ1) is 11.5. The molecule has 0 unspecified atom stereocenters. The maximum Gasteiger partial charge on any atom is 0.256 e. The van der Waals surface area contributed by atoms with E-state index in [9.17, 15) is 9.18 Å². The van der Waals surface area contributed by atoms with E-state index in [1.165, 1.54) is 12.1 Å². The predicted molar refractivity (Wildman–Crippen MR) is 92.1 cm³/mol. The SMILES string of the molecule is Cc1ccc(F)cc1C(=O)Nc1c(C)nn(-c2ccccc2)c1C. The number of benzene rings is 2. The summed E-state index contributed by atoms with van der Waals surface area (Å²) in [5.41, 5.74) is 4.13. The van der Waals surface area contributed by atoms with Gasteiger partial charge in [-0.05, 0) is 50.6 Å². The number of anilines is 1. The largest absolute Gasteiger partial charge is 0.319 e. The van der Waals surface area contributed by atoms with Crippen LogP contribution < -0.4 is 5.32 Å². The Hall–Kier alpha value is -2.95. The quantitative estimate of drug-likeness (QED) is 0.785. The highest BCUT2D eigenvalue weighted by Gasteiger charge is 2.17. The van der Waals surface area contributed by atoms with Crippen molar-refractivity contribution >= 4 is 11.6 Å². The molecule has 0 spiro atoms. The fraction of sp³-hybridized carbons (Fsp3) is 0.158. The van der Waals surface area contributed by atoms with Crippen LogP contribution in [0, 0.1) is 26.6 Å². The molecule has 0 aliphatic carbocycles. The summed E-state index contributed by atoms with van der Waals surface area (Å²) in [6, 6.07) is 13.9. The van der Waals surface area contributed by atoms with Crippen LogP contribution in [0.1, 0.15) is 27.3 Å². The lowest BCUT2D eigenvalue weighted by Crippen LogP contribution is -2.15. The molecule has 0 fully saturated rings. The zero-order valence-electron chi connectivity index (χ0n) is 13.8. The number of carbonyl (C=O) groups is 1. The highest BCUT2D eigenvalue weighted by molar-refractivity contribution is 6.05. The summed E-state index contributed by atoms with van der Waals surface area (Å²) < 4.78 is 15.2. The number of nitrogens with one attached hydrogen (secondary N) is 1. The molecule has 5 heteroatoms. The van der Waals surface area contributed by atoms with E-state index in [0.717, 1.165) is 16.9 Å². The van der Waals surface area contributed by atoms with Gasteiger partial charge in [-0.15, -0.1) is 0 Å². The lowest BCUT2D eigenvalue weighted by Gasteiger charge is -2.09. The molecule has 1 aromatic heterocycles. The summed E-state index contributed by atoms with van der Waals surface area (Å²) >= 11 is 0. The highest BCUT2D eigenvalue weighted by Crippen LogP contribution is 2.24. The molecule has 1 heterocycles. The summed E-state index contributed by atoms with van der Waals surface area (Å²) in [6.07, 6.45) is 0. The summed E-state index contributed by atoms with van der Waals surface area (Å²) in [7, 11) is 0. The molecule has 1 N–H and O–H groups in total. The van der Waals surface area contributed by atoms with Gasteiger partial charge in [-0.3, -0.25) is 4.79 Å². The van der Waals surface area contributed by atoms with Gasteiger partial charge in [0.25, 0.3) is 5.91 Å². The molecule has 0 aliphatic heterocycles. The molecule has 1 amide bonds. The van der Waals surface area contributed by atoms with Crippen molar-refractivity contribution in [2.24, 2.45) is 0 Å². The Balaban J connectivity index is 1.95. The van der Waals surface area contributed by atoms with Gasteiger partial charge in [0.2, 0.25) is 0 Å². The van der Waals surface area contributed by atoms with Crippen LogP contribution in [0.4, 0.5) is 10.1 Å². The number of hydrogen-bond donors (Lipinski definition) is 1. The number of nitrogens with zero attached hydrogens (tertiary/aromatic N) is 2. The van der Waals surface area contributed by atoms with E-state index in [4.69, 9.17) is 0 Å². The number of hydrogen-bond acceptors (Lipinski definition) is 2. The molecule has 122 valence electrons. The molecule has 0 aliphatic rings. The fourth-order valence-corrected chi connectivity index (χ4v) is 2.66. The molecule has 24 heavy (non-hydrogen) atoms. The van der Waals surface area contributed by atoms with Crippen LogP contribution in [-0.2, 0) is 0 Å². The Morgan fingerprint density at radius 1 is 1.08 bits per heavy atom. The van der Waals surface area contributed by atoms with E-state index in [2.05, 4.69) is 10.4 Å². The zero-order chi connectivity index (χ0) is 17.3. The summed E-state index contributed by atoms with van der Waals surface area (Å²) in [5.74, 6) is -0.773. The average molecular weight is 323 g/mol. The van der Waals surface area contributed by atoms with Gasteiger partial charge in [0.15, 0.2) is 0 Å². The molecule has 0 saturated carbocycles. The van der Waals surface area contributed by atoms with Gasteiger partial charge in [0, 0.05) is 5.56 Å². The topological polar surface area (TPSA) is 46.9 Å². The molecule has 0 radical (unpaired) electrons.